The predicted octanol–water partition coefficient (Wildman–Crippen LogP) is 1.51. The minimum Gasteiger partial charge on any atom is -0.391 e. The Labute approximate surface area is 99.9 Å². The van der Waals surface area contributed by atoms with Crippen molar-refractivity contribution >= 4 is 16.9 Å². The lowest BCUT2D eigenvalue weighted by atomic mass is 10.3. The second kappa shape index (κ2) is 3.96. The molecule has 88 valence electrons. The maximum Gasteiger partial charge on any atom is 0.150 e. The van der Waals surface area contributed by atoms with E-state index in [0.29, 0.717) is 6.54 Å². The summed E-state index contributed by atoms with van der Waals surface area (Å²) in [5.74, 6) is 0.903. The smallest absolute Gasteiger partial charge is 0.150 e. The third-order valence-electron chi connectivity index (χ3n) is 3.18. The van der Waals surface area contributed by atoms with Crippen molar-refractivity contribution in [2.24, 2.45) is 0 Å². The van der Waals surface area contributed by atoms with Crippen LogP contribution in [0.25, 0.3) is 11.0 Å². The molecule has 4 nitrogen and oxygen atoms in total. The van der Waals surface area contributed by atoms with Gasteiger partial charge in [-0.15, -0.1) is 0 Å². The molecule has 0 bridgehead atoms. The van der Waals surface area contributed by atoms with Crippen molar-refractivity contribution in [2.45, 2.75) is 19.4 Å². The van der Waals surface area contributed by atoms with Crippen LogP contribution in [0.15, 0.2) is 24.3 Å². The molecule has 1 fully saturated rings. The van der Waals surface area contributed by atoms with Crippen molar-refractivity contribution in [1.29, 1.82) is 0 Å². The van der Waals surface area contributed by atoms with Crippen molar-refractivity contribution in [3.63, 3.8) is 0 Å². The summed E-state index contributed by atoms with van der Waals surface area (Å²) in [4.78, 5) is 11.3. The van der Waals surface area contributed by atoms with Crippen LogP contribution in [0.3, 0.4) is 0 Å². The van der Waals surface area contributed by atoms with Gasteiger partial charge in [-0.05, 0) is 25.5 Å². The summed E-state index contributed by atoms with van der Waals surface area (Å²) in [6, 6.07) is 7.88. The molecular formula is C13H15N3O. The number of aliphatic hydroxyl groups excluding tert-OH is 1. The van der Waals surface area contributed by atoms with E-state index in [2.05, 4.69) is 14.9 Å². The predicted molar refractivity (Wildman–Crippen MR) is 67.1 cm³/mol. The first-order chi connectivity index (χ1) is 8.24. The van der Waals surface area contributed by atoms with Crippen LogP contribution in [0.1, 0.15) is 12.1 Å². The normalized spacial score (nSPS) is 20.1. The van der Waals surface area contributed by atoms with E-state index in [-0.39, 0.29) is 6.10 Å². The van der Waals surface area contributed by atoms with Gasteiger partial charge in [-0.2, -0.15) is 0 Å². The van der Waals surface area contributed by atoms with Crippen LogP contribution in [0.5, 0.6) is 0 Å². The molecule has 1 aromatic carbocycles. The average molecular weight is 229 g/mol. The van der Waals surface area contributed by atoms with Crippen molar-refractivity contribution in [3.8, 4) is 0 Å². The lowest BCUT2D eigenvalue weighted by Crippen LogP contribution is -2.23. The summed E-state index contributed by atoms with van der Waals surface area (Å²) in [6.45, 7) is 3.49. The number of aryl methyl sites for hydroxylation is 1. The lowest BCUT2D eigenvalue weighted by Gasteiger charge is -2.18. The number of hydrogen-bond acceptors (Lipinski definition) is 4. The second-order valence-electron chi connectivity index (χ2n) is 4.51. The first kappa shape index (κ1) is 10.5. The molecule has 4 heteroatoms. The monoisotopic (exact) mass is 229 g/mol. The zero-order valence-corrected chi connectivity index (χ0v) is 9.80. The number of fused-ring (bicyclic) bond motifs is 1. The maximum absolute atomic E-state index is 9.58. The standard InChI is InChI=1S/C13H15N3O/c1-9-13(16-7-6-10(17)8-16)15-12-5-3-2-4-11(12)14-9/h2-5,10,17H,6-8H2,1H3/t10-/m1/s1. The molecule has 0 radical (unpaired) electrons. The summed E-state index contributed by atoms with van der Waals surface area (Å²) in [6.07, 6.45) is 0.580. The van der Waals surface area contributed by atoms with Gasteiger partial charge in [0.2, 0.25) is 0 Å². The number of aromatic nitrogens is 2. The maximum atomic E-state index is 9.58. The van der Waals surface area contributed by atoms with Crippen LogP contribution in [0.4, 0.5) is 5.82 Å². The first-order valence-corrected chi connectivity index (χ1v) is 5.90. The fraction of sp³-hybridized carbons (Fsp3) is 0.385. The molecule has 17 heavy (non-hydrogen) atoms. The highest BCUT2D eigenvalue weighted by atomic mass is 16.3. The number of para-hydroxylation sites is 2. The fourth-order valence-electron chi connectivity index (χ4n) is 2.31. The molecule has 0 spiro atoms. The van der Waals surface area contributed by atoms with Crippen LogP contribution >= 0.6 is 0 Å². The largest absolute Gasteiger partial charge is 0.391 e. The highest BCUT2D eigenvalue weighted by molar-refractivity contribution is 5.76. The quantitative estimate of drug-likeness (QED) is 0.805. The number of β-amino-alcohol motifs (C(OH)–C–C–N with tert-alkyl or cyclic N) is 1. The molecule has 0 amide bonds. The second-order valence-corrected chi connectivity index (χ2v) is 4.51. The molecule has 1 aliphatic rings. The van der Waals surface area contributed by atoms with Crippen LogP contribution < -0.4 is 4.90 Å². The molecular weight excluding hydrogens is 214 g/mol. The lowest BCUT2D eigenvalue weighted by molar-refractivity contribution is 0.198. The minimum absolute atomic E-state index is 0.234. The molecule has 1 N–H and O–H groups in total. The van der Waals surface area contributed by atoms with Crippen LogP contribution in [0.2, 0.25) is 0 Å². The Morgan fingerprint density at radius 2 is 1.94 bits per heavy atom. The summed E-state index contributed by atoms with van der Waals surface area (Å²) < 4.78 is 0. The molecule has 1 atom stereocenters. The third kappa shape index (κ3) is 1.85. The van der Waals surface area contributed by atoms with Crippen LogP contribution in [-0.2, 0) is 0 Å². The molecule has 2 heterocycles. The minimum atomic E-state index is -0.234. The Balaban J connectivity index is 2.07. The number of anilines is 1. The molecule has 1 aromatic heterocycles. The summed E-state index contributed by atoms with van der Waals surface area (Å²) in [5, 5.41) is 9.58. The van der Waals surface area contributed by atoms with Crippen molar-refractivity contribution in [2.75, 3.05) is 18.0 Å². The summed E-state index contributed by atoms with van der Waals surface area (Å²) in [7, 11) is 0. The molecule has 1 saturated heterocycles. The molecule has 1 aliphatic heterocycles. The highest BCUT2D eigenvalue weighted by Crippen LogP contribution is 2.23. The number of nitrogens with zero attached hydrogens (tertiary/aromatic N) is 3. The summed E-state index contributed by atoms with van der Waals surface area (Å²) in [5.41, 5.74) is 2.76. The van der Waals surface area contributed by atoms with E-state index in [0.717, 1.165) is 35.5 Å². The topological polar surface area (TPSA) is 49.2 Å². The van der Waals surface area contributed by atoms with Gasteiger partial charge >= 0.3 is 0 Å². The Morgan fingerprint density at radius 1 is 1.24 bits per heavy atom. The molecule has 2 aromatic rings. The highest BCUT2D eigenvalue weighted by Gasteiger charge is 2.23. The van der Waals surface area contributed by atoms with E-state index in [1.165, 1.54) is 0 Å². The van der Waals surface area contributed by atoms with E-state index in [9.17, 15) is 5.11 Å². The van der Waals surface area contributed by atoms with Crippen molar-refractivity contribution in [3.05, 3.63) is 30.0 Å². The molecule has 0 aliphatic carbocycles. The van der Waals surface area contributed by atoms with E-state index in [1.807, 2.05) is 31.2 Å². The van der Waals surface area contributed by atoms with Gasteiger partial charge in [-0.1, -0.05) is 12.1 Å². The zero-order valence-electron chi connectivity index (χ0n) is 9.80. The first-order valence-electron chi connectivity index (χ1n) is 5.90. The van der Waals surface area contributed by atoms with Gasteiger partial charge in [-0.25, -0.2) is 9.97 Å². The average Bonchev–Trinajstić information content (AvgIpc) is 2.75. The van der Waals surface area contributed by atoms with Crippen molar-refractivity contribution < 1.29 is 5.11 Å². The van der Waals surface area contributed by atoms with Crippen LogP contribution in [0, 0.1) is 6.92 Å². The van der Waals surface area contributed by atoms with Gasteiger partial charge < -0.3 is 10.0 Å². The third-order valence-corrected chi connectivity index (χ3v) is 3.18. The number of benzene rings is 1. The molecule has 0 unspecified atom stereocenters. The summed E-state index contributed by atoms with van der Waals surface area (Å²) >= 11 is 0. The number of hydrogen-bond donors (Lipinski definition) is 1. The number of aliphatic hydroxyl groups is 1. The zero-order chi connectivity index (χ0) is 11.8. The van der Waals surface area contributed by atoms with E-state index >= 15 is 0 Å². The van der Waals surface area contributed by atoms with Gasteiger partial charge in [0.15, 0.2) is 5.82 Å². The van der Waals surface area contributed by atoms with Gasteiger partial charge in [0.1, 0.15) is 0 Å². The van der Waals surface area contributed by atoms with E-state index in [1.54, 1.807) is 0 Å². The van der Waals surface area contributed by atoms with E-state index < -0.39 is 0 Å². The molecule has 3 rings (SSSR count). The Hall–Kier alpha value is -1.68. The number of rotatable bonds is 1. The van der Waals surface area contributed by atoms with Gasteiger partial charge in [0.05, 0.1) is 22.8 Å². The van der Waals surface area contributed by atoms with Gasteiger partial charge in [0, 0.05) is 13.1 Å². The molecule has 0 saturated carbocycles. The Morgan fingerprint density at radius 3 is 2.59 bits per heavy atom. The fourth-order valence-corrected chi connectivity index (χ4v) is 2.31. The SMILES string of the molecule is Cc1nc2ccccc2nc1N1CC[C@@H](O)C1. The van der Waals surface area contributed by atoms with Crippen molar-refractivity contribution in [1.82, 2.24) is 9.97 Å². The van der Waals surface area contributed by atoms with Gasteiger partial charge in [0.25, 0.3) is 0 Å². The van der Waals surface area contributed by atoms with Crippen LogP contribution in [-0.4, -0.2) is 34.3 Å². The Kier molecular flexibility index (Phi) is 2.44. The van der Waals surface area contributed by atoms with Gasteiger partial charge in [-0.3, -0.25) is 0 Å². The Bertz CT molecular complexity index is 555. The van der Waals surface area contributed by atoms with E-state index in [4.69, 9.17) is 0 Å².